The van der Waals surface area contributed by atoms with Crippen LogP contribution in [0.4, 0.5) is 0 Å². The van der Waals surface area contributed by atoms with Crippen molar-refractivity contribution in [1.82, 2.24) is 5.32 Å². The summed E-state index contributed by atoms with van der Waals surface area (Å²) >= 11 is 0. The van der Waals surface area contributed by atoms with E-state index in [4.69, 9.17) is 0 Å². The van der Waals surface area contributed by atoms with Crippen molar-refractivity contribution in [3.8, 4) is 0 Å². The van der Waals surface area contributed by atoms with Gasteiger partial charge < -0.3 is 5.32 Å². The van der Waals surface area contributed by atoms with Crippen molar-refractivity contribution in [3.63, 3.8) is 0 Å². The first-order chi connectivity index (χ1) is 7.95. The Kier molecular flexibility index (Phi) is 4.63. The fraction of sp³-hybridized carbons (Fsp3) is 0.467. The van der Waals surface area contributed by atoms with Crippen molar-refractivity contribution in [3.05, 3.63) is 48.0 Å². The number of unbranched alkanes of at least 4 members (excludes halogenated alkanes) is 1. The minimum Gasteiger partial charge on any atom is -0.313 e. The Morgan fingerprint density at radius 2 is 1.75 bits per heavy atom. The van der Waals surface area contributed by atoms with Gasteiger partial charge in [0, 0.05) is 6.04 Å². The summed E-state index contributed by atoms with van der Waals surface area (Å²) in [4.78, 5) is 0. The normalized spacial score (nSPS) is 15.8. The molecule has 16 heavy (non-hydrogen) atoms. The highest BCUT2D eigenvalue weighted by atomic mass is 14.9. The molecule has 0 saturated heterocycles. The first kappa shape index (κ1) is 11.4. The van der Waals surface area contributed by atoms with Gasteiger partial charge >= 0.3 is 0 Å². The van der Waals surface area contributed by atoms with Crippen molar-refractivity contribution in [2.75, 3.05) is 6.54 Å². The fourth-order valence-electron chi connectivity index (χ4n) is 2.19. The van der Waals surface area contributed by atoms with Gasteiger partial charge in [0.25, 0.3) is 0 Å². The Labute approximate surface area is 98.6 Å². The van der Waals surface area contributed by atoms with E-state index in [9.17, 15) is 0 Å². The van der Waals surface area contributed by atoms with Crippen molar-refractivity contribution >= 4 is 0 Å². The third-order valence-electron chi connectivity index (χ3n) is 3.18. The second kappa shape index (κ2) is 6.49. The molecule has 0 fully saturated rings. The minimum atomic E-state index is 0.719. The summed E-state index contributed by atoms with van der Waals surface area (Å²) in [6.07, 6.45) is 10.8. The van der Waals surface area contributed by atoms with Crippen LogP contribution in [0, 0.1) is 0 Å². The van der Waals surface area contributed by atoms with Crippen LogP contribution in [0.3, 0.4) is 0 Å². The van der Waals surface area contributed by atoms with Crippen LogP contribution in [0.2, 0.25) is 0 Å². The predicted molar refractivity (Wildman–Crippen MR) is 69.5 cm³/mol. The van der Waals surface area contributed by atoms with Gasteiger partial charge in [-0.2, -0.15) is 0 Å². The summed E-state index contributed by atoms with van der Waals surface area (Å²) in [6.45, 7) is 1.17. The summed E-state index contributed by atoms with van der Waals surface area (Å²) < 4.78 is 0. The van der Waals surface area contributed by atoms with Gasteiger partial charge in [-0.1, -0.05) is 42.5 Å². The maximum atomic E-state index is 3.61. The van der Waals surface area contributed by atoms with Gasteiger partial charge in [-0.05, 0) is 44.2 Å². The van der Waals surface area contributed by atoms with E-state index in [-0.39, 0.29) is 0 Å². The fourth-order valence-corrected chi connectivity index (χ4v) is 2.19. The molecule has 0 atom stereocenters. The molecule has 0 aromatic heterocycles. The van der Waals surface area contributed by atoms with Gasteiger partial charge in [-0.25, -0.2) is 0 Å². The van der Waals surface area contributed by atoms with Gasteiger partial charge in [-0.3, -0.25) is 0 Å². The molecule has 1 aliphatic rings. The SMILES string of the molecule is C1=CCC(NCCCCc2ccccc2)C1. The van der Waals surface area contributed by atoms with Crippen LogP contribution >= 0.6 is 0 Å². The Morgan fingerprint density at radius 1 is 1.00 bits per heavy atom. The third-order valence-corrected chi connectivity index (χ3v) is 3.18. The summed E-state index contributed by atoms with van der Waals surface area (Å²) in [7, 11) is 0. The molecule has 1 aromatic carbocycles. The van der Waals surface area contributed by atoms with Crippen LogP contribution in [0.5, 0.6) is 0 Å². The molecule has 2 rings (SSSR count). The lowest BCUT2D eigenvalue weighted by molar-refractivity contribution is 0.519. The molecule has 0 saturated carbocycles. The lowest BCUT2D eigenvalue weighted by Crippen LogP contribution is -2.27. The zero-order chi connectivity index (χ0) is 11.1. The molecule has 0 aliphatic heterocycles. The van der Waals surface area contributed by atoms with Crippen LogP contribution < -0.4 is 5.32 Å². The molecule has 1 heteroatoms. The molecular weight excluding hydrogens is 194 g/mol. The van der Waals surface area contributed by atoms with E-state index >= 15 is 0 Å². The Morgan fingerprint density at radius 3 is 2.50 bits per heavy atom. The van der Waals surface area contributed by atoms with E-state index in [0.717, 1.165) is 6.04 Å². The van der Waals surface area contributed by atoms with Crippen LogP contribution in [0.1, 0.15) is 31.2 Å². The summed E-state index contributed by atoms with van der Waals surface area (Å²) in [5.41, 5.74) is 1.46. The highest BCUT2D eigenvalue weighted by Gasteiger charge is 2.07. The highest BCUT2D eigenvalue weighted by molar-refractivity contribution is 5.14. The average Bonchev–Trinajstić information content (AvgIpc) is 2.83. The first-order valence-electron chi connectivity index (χ1n) is 6.37. The molecule has 0 amide bonds. The van der Waals surface area contributed by atoms with Crippen molar-refractivity contribution < 1.29 is 0 Å². The quantitative estimate of drug-likeness (QED) is 0.567. The summed E-state index contributed by atoms with van der Waals surface area (Å²) in [5, 5.41) is 3.61. The van der Waals surface area contributed by atoms with Crippen LogP contribution in [0.25, 0.3) is 0 Å². The Balaban J connectivity index is 1.52. The predicted octanol–water partition coefficient (Wildman–Crippen LogP) is 3.32. The van der Waals surface area contributed by atoms with Gasteiger partial charge in [0.2, 0.25) is 0 Å². The van der Waals surface area contributed by atoms with Gasteiger partial charge in [0.05, 0.1) is 0 Å². The Bertz CT molecular complexity index is 307. The number of benzene rings is 1. The molecule has 1 aromatic rings. The monoisotopic (exact) mass is 215 g/mol. The summed E-state index contributed by atoms with van der Waals surface area (Å²) in [6, 6.07) is 11.5. The second-order valence-corrected chi connectivity index (χ2v) is 4.54. The largest absolute Gasteiger partial charge is 0.313 e. The van der Waals surface area contributed by atoms with Crippen LogP contribution in [0.15, 0.2) is 42.5 Å². The topological polar surface area (TPSA) is 12.0 Å². The average molecular weight is 215 g/mol. The maximum Gasteiger partial charge on any atom is 0.0136 e. The second-order valence-electron chi connectivity index (χ2n) is 4.54. The molecule has 86 valence electrons. The smallest absolute Gasteiger partial charge is 0.0136 e. The van der Waals surface area contributed by atoms with E-state index in [2.05, 4.69) is 47.8 Å². The number of aryl methyl sites for hydroxylation is 1. The van der Waals surface area contributed by atoms with Crippen LogP contribution in [-0.2, 0) is 6.42 Å². The van der Waals surface area contributed by atoms with E-state index in [1.807, 2.05) is 0 Å². The number of hydrogen-bond donors (Lipinski definition) is 1. The molecule has 0 heterocycles. The lowest BCUT2D eigenvalue weighted by Gasteiger charge is -2.11. The molecule has 1 N–H and O–H groups in total. The molecule has 0 spiro atoms. The number of rotatable bonds is 6. The molecule has 0 unspecified atom stereocenters. The van der Waals surface area contributed by atoms with Crippen LogP contribution in [-0.4, -0.2) is 12.6 Å². The lowest BCUT2D eigenvalue weighted by atomic mass is 10.1. The van der Waals surface area contributed by atoms with E-state index < -0.39 is 0 Å². The van der Waals surface area contributed by atoms with Crippen molar-refractivity contribution in [1.29, 1.82) is 0 Å². The van der Waals surface area contributed by atoms with E-state index in [1.165, 1.54) is 44.2 Å². The molecule has 0 radical (unpaired) electrons. The highest BCUT2D eigenvalue weighted by Crippen LogP contribution is 2.09. The minimum absolute atomic E-state index is 0.719. The standard InChI is InChI=1S/C15H21N/c1-2-8-14(9-3-1)10-6-7-13-16-15-11-4-5-12-15/h1-5,8-9,15-16H,6-7,10-13H2. The van der Waals surface area contributed by atoms with E-state index in [1.54, 1.807) is 0 Å². The van der Waals surface area contributed by atoms with Gasteiger partial charge in [0.1, 0.15) is 0 Å². The number of nitrogens with one attached hydrogen (secondary N) is 1. The maximum absolute atomic E-state index is 3.61. The van der Waals surface area contributed by atoms with Gasteiger partial charge in [0.15, 0.2) is 0 Å². The number of hydrogen-bond acceptors (Lipinski definition) is 1. The third kappa shape index (κ3) is 3.82. The first-order valence-corrected chi connectivity index (χ1v) is 6.37. The van der Waals surface area contributed by atoms with E-state index in [0.29, 0.717) is 0 Å². The van der Waals surface area contributed by atoms with Crippen molar-refractivity contribution in [2.45, 2.75) is 38.1 Å². The molecule has 1 aliphatic carbocycles. The zero-order valence-electron chi connectivity index (χ0n) is 9.86. The van der Waals surface area contributed by atoms with Gasteiger partial charge in [-0.15, -0.1) is 0 Å². The zero-order valence-corrected chi connectivity index (χ0v) is 9.86. The van der Waals surface area contributed by atoms with Crippen molar-refractivity contribution in [2.24, 2.45) is 0 Å². The molecular formula is C15H21N. The Hall–Kier alpha value is -1.08. The molecule has 1 nitrogen and oxygen atoms in total. The molecule has 0 bridgehead atoms. The summed E-state index contributed by atoms with van der Waals surface area (Å²) in [5.74, 6) is 0.